The molecule has 5 heteroatoms. The molecule has 0 aromatic carbocycles. The summed E-state index contributed by atoms with van der Waals surface area (Å²) in [5.41, 5.74) is 0.803. The normalized spacial score (nSPS) is 37.1. The van der Waals surface area contributed by atoms with Crippen molar-refractivity contribution in [3.8, 4) is 0 Å². The molecular weight excluding hydrogens is 344 g/mol. The minimum absolute atomic E-state index is 0.0198. The van der Waals surface area contributed by atoms with Crippen molar-refractivity contribution in [3.63, 3.8) is 0 Å². The van der Waals surface area contributed by atoms with Crippen molar-refractivity contribution >= 4 is 5.97 Å². The molecule has 3 aliphatic rings. The second kappa shape index (κ2) is 8.89. The Bertz CT molecular complexity index is 577. The molecule has 0 radical (unpaired) electrons. The maximum absolute atomic E-state index is 10.8. The van der Waals surface area contributed by atoms with Crippen LogP contribution in [0.2, 0.25) is 0 Å². The Balaban J connectivity index is 1.67. The number of aliphatic hydroxyl groups is 2. The standard InChI is InChI=1S/C22H34O5/c1-27-22-13-12-20(24)17(10-11-19(23)15-6-3-2-4-7-15)18(22)14-16(22)8-5-9-21(25)26/h8,10-11,15,17-20,23-24H,2-7,9,12-14H2,1H3,(H,25,26)/b11-10+,16-8?/t17-,18-,19?,20-,22+/m0/s1. The molecule has 0 heterocycles. The van der Waals surface area contributed by atoms with Crippen molar-refractivity contribution in [1.82, 2.24) is 0 Å². The predicted octanol–water partition coefficient (Wildman–Crippen LogP) is 3.45. The largest absolute Gasteiger partial charge is 0.481 e. The third-order valence-corrected chi connectivity index (χ3v) is 7.08. The van der Waals surface area contributed by atoms with Crippen LogP contribution in [0, 0.1) is 17.8 Å². The fourth-order valence-corrected chi connectivity index (χ4v) is 5.45. The van der Waals surface area contributed by atoms with Crippen molar-refractivity contribution in [2.24, 2.45) is 17.8 Å². The predicted molar refractivity (Wildman–Crippen MR) is 103 cm³/mol. The zero-order chi connectivity index (χ0) is 19.4. The first-order valence-corrected chi connectivity index (χ1v) is 10.5. The number of carboxylic acid groups (broad SMARTS) is 1. The van der Waals surface area contributed by atoms with Gasteiger partial charge in [-0.2, -0.15) is 0 Å². The molecule has 3 rings (SSSR count). The number of allylic oxidation sites excluding steroid dienone is 1. The van der Waals surface area contributed by atoms with Crippen LogP contribution in [0.4, 0.5) is 0 Å². The number of fused-ring (bicyclic) bond motifs is 1. The quantitative estimate of drug-likeness (QED) is 0.591. The van der Waals surface area contributed by atoms with E-state index in [1.54, 1.807) is 7.11 Å². The van der Waals surface area contributed by atoms with Crippen LogP contribution < -0.4 is 0 Å². The fourth-order valence-electron chi connectivity index (χ4n) is 5.45. The molecule has 0 aliphatic heterocycles. The fraction of sp³-hybridized carbons (Fsp3) is 0.773. The van der Waals surface area contributed by atoms with Crippen LogP contribution >= 0.6 is 0 Å². The third kappa shape index (κ3) is 4.30. The van der Waals surface area contributed by atoms with Gasteiger partial charge in [0.25, 0.3) is 0 Å². The highest BCUT2D eigenvalue weighted by Crippen LogP contribution is 2.57. The van der Waals surface area contributed by atoms with Gasteiger partial charge in [-0.25, -0.2) is 0 Å². The topological polar surface area (TPSA) is 87.0 Å². The molecule has 5 nitrogen and oxygen atoms in total. The smallest absolute Gasteiger partial charge is 0.303 e. The molecule has 3 N–H and O–H groups in total. The number of carbonyl (C=O) groups is 1. The van der Waals surface area contributed by atoms with Gasteiger partial charge in [0.2, 0.25) is 0 Å². The van der Waals surface area contributed by atoms with Gasteiger partial charge < -0.3 is 20.1 Å². The molecule has 0 amide bonds. The highest BCUT2D eigenvalue weighted by molar-refractivity contribution is 5.66. The Labute approximate surface area is 162 Å². The van der Waals surface area contributed by atoms with Crippen molar-refractivity contribution in [2.45, 2.75) is 82.0 Å². The maximum Gasteiger partial charge on any atom is 0.303 e. The van der Waals surface area contributed by atoms with Crippen LogP contribution in [0.5, 0.6) is 0 Å². The number of rotatable bonds is 7. The van der Waals surface area contributed by atoms with E-state index in [-0.39, 0.29) is 23.9 Å². The zero-order valence-corrected chi connectivity index (χ0v) is 16.3. The first-order chi connectivity index (χ1) is 13.0. The molecule has 5 atom stereocenters. The van der Waals surface area contributed by atoms with Gasteiger partial charge in [0.15, 0.2) is 0 Å². The summed E-state index contributed by atoms with van der Waals surface area (Å²) in [6.07, 6.45) is 13.8. The highest BCUT2D eigenvalue weighted by atomic mass is 16.5. The summed E-state index contributed by atoms with van der Waals surface area (Å²) in [5.74, 6) is -0.271. The number of ether oxygens (including phenoxy) is 1. The van der Waals surface area contributed by atoms with E-state index in [9.17, 15) is 15.0 Å². The molecule has 27 heavy (non-hydrogen) atoms. The van der Waals surface area contributed by atoms with Crippen molar-refractivity contribution in [2.75, 3.05) is 7.11 Å². The monoisotopic (exact) mass is 378 g/mol. The van der Waals surface area contributed by atoms with Gasteiger partial charge in [-0.05, 0) is 50.0 Å². The average Bonchev–Trinajstić information content (AvgIpc) is 2.66. The summed E-state index contributed by atoms with van der Waals surface area (Å²) in [5, 5.41) is 30.0. The summed E-state index contributed by atoms with van der Waals surface area (Å²) >= 11 is 0. The van der Waals surface area contributed by atoms with E-state index in [2.05, 4.69) is 0 Å². The van der Waals surface area contributed by atoms with E-state index in [0.717, 1.165) is 25.7 Å². The molecule has 3 aliphatic carbocycles. The van der Waals surface area contributed by atoms with Gasteiger partial charge in [-0.15, -0.1) is 0 Å². The molecule has 152 valence electrons. The number of carboxylic acids is 1. The number of aliphatic hydroxyl groups excluding tert-OH is 2. The lowest BCUT2D eigenvalue weighted by Gasteiger charge is -2.58. The van der Waals surface area contributed by atoms with Crippen molar-refractivity contribution < 1.29 is 24.9 Å². The Morgan fingerprint density at radius 1 is 1.30 bits per heavy atom. The molecule has 0 spiro atoms. The Hall–Kier alpha value is -1.17. The van der Waals surface area contributed by atoms with Gasteiger partial charge in [-0.1, -0.05) is 37.5 Å². The third-order valence-electron chi connectivity index (χ3n) is 7.08. The summed E-state index contributed by atoms with van der Waals surface area (Å²) in [6, 6.07) is 0. The van der Waals surface area contributed by atoms with E-state index in [1.807, 2.05) is 18.2 Å². The van der Waals surface area contributed by atoms with E-state index in [1.165, 1.54) is 24.8 Å². The van der Waals surface area contributed by atoms with Gasteiger partial charge >= 0.3 is 5.97 Å². The van der Waals surface area contributed by atoms with Gasteiger partial charge in [0, 0.05) is 25.4 Å². The number of methoxy groups -OCH3 is 1. The van der Waals surface area contributed by atoms with Gasteiger partial charge in [0.05, 0.1) is 17.8 Å². The number of hydrogen-bond donors (Lipinski definition) is 3. The van der Waals surface area contributed by atoms with E-state index < -0.39 is 18.2 Å². The Morgan fingerprint density at radius 3 is 2.70 bits per heavy atom. The van der Waals surface area contributed by atoms with Crippen molar-refractivity contribution in [1.29, 1.82) is 0 Å². The van der Waals surface area contributed by atoms with E-state index >= 15 is 0 Å². The molecule has 1 unspecified atom stereocenters. The molecule has 0 aromatic heterocycles. The summed E-state index contributed by atoms with van der Waals surface area (Å²) < 4.78 is 5.93. The number of aliphatic carboxylic acids is 1. The Morgan fingerprint density at radius 2 is 2.04 bits per heavy atom. The lowest BCUT2D eigenvalue weighted by atomic mass is 9.53. The van der Waals surface area contributed by atoms with Crippen LogP contribution in [0.1, 0.15) is 64.2 Å². The minimum atomic E-state index is -0.786. The zero-order valence-electron chi connectivity index (χ0n) is 16.3. The molecular formula is C22H34O5. The van der Waals surface area contributed by atoms with Crippen LogP contribution in [0.25, 0.3) is 0 Å². The molecule has 3 fully saturated rings. The lowest BCUT2D eigenvalue weighted by Crippen LogP contribution is -2.59. The van der Waals surface area contributed by atoms with Crippen LogP contribution in [0.3, 0.4) is 0 Å². The summed E-state index contributed by atoms with van der Waals surface area (Å²) in [6.45, 7) is 0. The summed E-state index contributed by atoms with van der Waals surface area (Å²) in [7, 11) is 1.71. The second-order valence-corrected chi connectivity index (χ2v) is 8.52. The lowest BCUT2D eigenvalue weighted by molar-refractivity contribution is -0.141. The Kier molecular flexibility index (Phi) is 6.77. The van der Waals surface area contributed by atoms with E-state index in [4.69, 9.17) is 9.84 Å². The van der Waals surface area contributed by atoms with Crippen LogP contribution in [-0.2, 0) is 9.53 Å². The molecule has 0 saturated heterocycles. The SMILES string of the molecule is CO[C@@]12CC[C@H](O)[C@@H](/C=C/C(O)C3CCCCC3)[C@@H]1CC2=CCCC(=O)O. The van der Waals surface area contributed by atoms with Crippen LogP contribution in [0.15, 0.2) is 23.8 Å². The van der Waals surface area contributed by atoms with E-state index in [0.29, 0.717) is 18.8 Å². The minimum Gasteiger partial charge on any atom is -0.481 e. The second-order valence-electron chi connectivity index (χ2n) is 8.52. The highest BCUT2D eigenvalue weighted by Gasteiger charge is 2.57. The molecule has 3 saturated carbocycles. The number of hydrogen-bond acceptors (Lipinski definition) is 4. The van der Waals surface area contributed by atoms with Crippen molar-refractivity contribution in [3.05, 3.63) is 23.8 Å². The molecule has 0 bridgehead atoms. The van der Waals surface area contributed by atoms with Gasteiger partial charge in [-0.3, -0.25) is 4.79 Å². The average molecular weight is 379 g/mol. The molecule has 0 aromatic rings. The summed E-state index contributed by atoms with van der Waals surface area (Å²) in [4.78, 5) is 10.8. The first kappa shape index (κ1) is 20.6. The van der Waals surface area contributed by atoms with Crippen LogP contribution in [-0.4, -0.2) is 46.2 Å². The maximum atomic E-state index is 10.8. The van der Waals surface area contributed by atoms with Gasteiger partial charge in [0.1, 0.15) is 0 Å². The first-order valence-electron chi connectivity index (χ1n) is 10.5.